The summed E-state index contributed by atoms with van der Waals surface area (Å²) >= 11 is 0. The Morgan fingerprint density at radius 1 is 1.08 bits per heavy atom. The van der Waals surface area contributed by atoms with Crippen LogP contribution in [0.15, 0.2) is 41.7 Å². The van der Waals surface area contributed by atoms with Gasteiger partial charge in [0.1, 0.15) is 16.2 Å². The van der Waals surface area contributed by atoms with Gasteiger partial charge in [-0.25, -0.2) is 23.2 Å². The van der Waals surface area contributed by atoms with Gasteiger partial charge in [0.25, 0.3) is 0 Å². The van der Waals surface area contributed by atoms with E-state index in [1.807, 2.05) is 19.9 Å². The van der Waals surface area contributed by atoms with Crippen LogP contribution in [0.25, 0.3) is 10.9 Å². The molecule has 6 rings (SSSR count). The van der Waals surface area contributed by atoms with Crippen molar-refractivity contribution in [3.05, 3.63) is 48.2 Å². The number of aromatic nitrogens is 3. The number of anilines is 2. The molecule has 0 aromatic carbocycles. The Labute approximate surface area is 215 Å². The van der Waals surface area contributed by atoms with E-state index >= 15 is 4.39 Å². The van der Waals surface area contributed by atoms with Crippen LogP contribution in [-0.4, -0.2) is 58.0 Å². The minimum absolute atomic E-state index is 0.00123. The lowest BCUT2D eigenvalue weighted by atomic mass is 9.99. The van der Waals surface area contributed by atoms with Gasteiger partial charge in [-0.05, 0) is 69.7 Å². The van der Waals surface area contributed by atoms with Crippen LogP contribution in [0.3, 0.4) is 0 Å². The summed E-state index contributed by atoms with van der Waals surface area (Å²) in [5, 5.41) is 7.32. The molecule has 2 bridgehead atoms. The third kappa shape index (κ3) is 4.52. The van der Waals surface area contributed by atoms with Gasteiger partial charge in [0.15, 0.2) is 11.6 Å². The first-order chi connectivity index (χ1) is 17.8. The van der Waals surface area contributed by atoms with Crippen LogP contribution in [0.1, 0.15) is 44.6 Å². The summed E-state index contributed by atoms with van der Waals surface area (Å²) in [5.41, 5.74) is 7.41. The fraction of sp³-hybridized carbons (Fsp3) is 0.480. The molecule has 0 amide bonds. The number of aryl methyl sites for hydroxylation is 1. The van der Waals surface area contributed by atoms with Gasteiger partial charge in [-0.2, -0.15) is 4.31 Å². The van der Waals surface area contributed by atoms with E-state index in [0.29, 0.717) is 24.0 Å². The smallest absolute Gasteiger partial charge is 0.245 e. The topological polar surface area (TPSA) is 124 Å². The maximum absolute atomic E-state index is 15.4. The summed E-state index contributed by atoms with van der Waals surface area (Å²) < 4.78 is 43.9. The summed E-state index contributed by atoms with van der Waals surface area (Å²) in [6, 6.07) is 5.16. The Balaban J connectivity index is 1.28. The van der Waals surface area contributed by atoms with Crippen molar-refractivity contribution in [1.29, 1.82) is 0 Å². The molecular formula is C25H31FN8O2S. The number of sulfonamides is 1. The lowest BCUT2D eigenvalue weighted by molar-refractivity contribution is 0.234. The number of pyridine rings is 3. The summed E-state index contributed by atoms with van der Waals surface area (Å²) in [4.78, 5) is 13.3. The molecule has 4 N–H and O–H groups in total. The number of nitrogens with zero attached hydrogens (tertiary/aromatic N) is 4. The average Bonchev–Trinajstić information content (AvgIpc) is 3.42. The van der Waals surface area contributed by atoms with E-state index < -0.39 is 15.8 Å². The number of hydrogen-bond donors (Lipinski definition) is 4. The number of hydrazine groups is 1. The van der Waals surface area contributed by atoms with Gasteiger partial charge >= 0.3 is 0 Å². The second-order valence-electron chi connectivity index (χ2n) is 10.4. The van der Waals surface area contributed by atoms with Gasteiger partial charge in [0.05, 0.1) is 6.17 Å². The van der Waals surface area contributed by atoms with Crippen molar-refractivity contribution in [2.24, 2.45) is 0 Å². The van der Waals surface area contributed by atoms with Crippen molar-refractivity contribution in [1.82, 2.24) is 30.1 Å². The molecule has 3 aliphatic rings. The molecule has 6 heterocycles. The van der Waals surface area contributed by atoms with Crippen LogP contribution in [0, 0.1) is 12.7 Å². The second kappa shape index (κ2) is 9.43. The molecule has 0 aliphatic carbocycles. The molecule has 3 aromatic heterocycles. The van der Waals surface area contributed by atoms with Gasteiger partial charge < -0.3 is 10.6 Å². The number of halogens is 1. The van der Waals surface area contributed by atoms with E-state index in [-0.39, 0.29) is 46.6 Å². The van der Waals surface area contributed by atoms with Crippen LogP contribution in [0.4, 0.5) is 16.0 Å². The molecule has 10 nitrogen and oxygen atoms in total. The summed E-state index contributed by atoms with van der Waals surface area (Å²) in [6.07, 6.45) is 8.15. The molecule has 12 heteroatoms. The highest BCUT2D eigenvalue weighted by molar-refractivity contribution is 7.89. The fourth-order valence-electron chi connectivity index (χ4n) is 5.90. The number of piperidine rings is 1. The molecule has 196 valence electrons. The molecule has 3 unspecified atom stereocenters. The number of rotatable bonds is 6. The maximum atomic E-state index is 15.4. The maximum Gasteiger partial charge on any atom is 0.245 e. The average molecular weight is 527 g/mol. The van der Waals surface area contributed by atoms with Gasteiger partial charge in [-0.1, -0.05) is 0 Å². The van der Waals surface area contributed by atoms with Crippen LogP contribution in [-0.2, 0) is 10.0 Å². The molecule has 3 fully saturated rings. The van der Waals surface area contributed by atoms with Gasteiger partial charge in [0, 0.05) is 48.1 Å². The molecular weight excluding hydrogens is 495 g/mol. The Bertz CT molecular complexity index is 1410. The standard InChI is InChI=1S/C25H31FN8O2S/c1-14-8-20-23(28-12-14)22(26)25(30-21-9-15(2)32-33-21)31-24(20)29-16-10-17-5-6-18(11-16)34(17)37(35,36)19-4-3-7-27-13-19/h3-4,7-8,12-13,15-18,21,32-33H,5-6,9-11H2,1-2H3,(H2,29,30,31)/t15?,16?,17-,18+,21?. The van der Waals surface area contributed by atoms with Crippen molar-refractivity contribution in [3.63, 3.8) is 0 Å². The number of fused-ring (bicyclic) bond motifs is 3. The van der Waals surface area contributed by atoms with Crippen molar-refractivity contribution in [2.45, 2.75) is 81.2 Å². The van der Waals surface area contributed by atoms with E-state index in [9.17, 15) is 8.42 Å². The van der Waals surface area contributed by atoms with Crippen LogP contribution in [0.5, 0.6) is 0 Å². The first kappa shape index (κ1) is 24.4. The van der Waals surface area contributed by atoms with Crippen molar-refractivity contribution in [2.75, 3.05) is 10.6 Å². The second-order valence-corrected chi connectivity index (χ2v) is 12.2. The highest BCUT2D eigenvalue weighted by atomic mass is 32.2. The zero-order valence-corrected chi connectivity index (χ0v) is 21.6. The van der Waals surface area contributed by atoms with Crippen molar-refractivity contribution < 1.29 is 12.8 Å². The largest absolute Gasteiger partial charge is 0.367 e. The summed E-state index contributed by atoms with van der Waals surface area (Å²) in [5.74, 6) is 0.209. The normalized spacial score (nSPS) is 28.0. The monoisotopic (exact) mass is 526 g/mol. The third-order valence-electron chi connectivity index (χ3n) is 7.54. The van der Waals surface area contributed by atoms with Gasteiger partial charge in [-0.15, -0.1) is 0 Å². The first-order valence-electron chi connectivity index (χ1n) is 12.7. The van der Waals surface area contributed by atoms with Crippen molar-refractivity contribution >= 4 is 32.6 Å². The quantitative estimate of drug-likeness (QED) is 0.384. The Morgan fingerprint density at radius 3 is 2.54 bits per heavy atom. The lowest BCUT2D eigenvalue weighted by Crippen LogP contribution is -2.49. The summed E-state index contributed by atoms with van der Waals surface area (Å²) in [7, 11) is -3.62. The zero-order chi connectivity index (χ0) is 25.7. The van der Waals surface area contributed by atoms with E-state index in [2.05, 4.69) is 36.4 Å². The van der Waals surface area contributed by atoms with Crippen LogP contribution < -0.4 is 21.5 Å². The van der Waals surface area contributed by atoms with Gasteiger partial charge in [-0.3, -0.25) is 15.4 Å². The molecule has 0 radical (unpaired) electrons. The highest BCUT2D eigenvalue weighted by Crippen LogP contribution is 2.41. The zero-order valence-electron chi connectivity index (χ0n) is 20.8. The predicted octanol–water partition coefficient (Wildman–Crippen LogP) is 2.89. The lowest BCUT2D eigenvalue weighted by Gasteiger charge is -2.38. The molecule has 0 saturated carbocycles. The third-order valence-corrected chi connectivity index (χ3v) is 9.53. The fourth-order valence-corrected chi connectivity index (χ4v) is 7.75. The Kier molecular flexibility index (Phi) is 6.22. The van der Waals surface area contributed by atoms with Gasteiger partial charge in [0.2, 0.25) is 10.0 Å². The molecule has 37 heavy (non-hydrogen) atoms. The summed E-state index contributed by atoms with van der Waals surface area (Å²) in [6.45, 7) is 3.96. The number of hydrogen-bond acceptors (Lipinski definition) is 9. The SMILES string of the molecule is Cc1cnc2c(F)c(NC3CC(C)NN3)nc(NC3C[C@H]4CC[C@@H](C3)N4S(=O)(=O)c3cccnc3)c2c1. The Morgan fingerprint density at radius 2 is 1.86 bits per heavy atom. The highest BCUT2D eigenvalue weighted by Gasteiger charge is 2.47. The molecule has 0 spiro atoms. The van der Waals surface area contributed by atoms with Crippen LogP contribution in [0.2, 0.25) is 0 Å². The predicted molar refractivity (Wildman–Crippen MR) is 139 cm³/mol. The molecule has 5 atom stereocenters. The molecule has 3 aliphatic heterocycles. The molecule has 3 saturated heterocycles. The first-order valence-corrected chi connectivity index (χ1v) is 14.2. The minimum atomic E-state index is -3.62. The van der Waals surface area contributed by atoms with E-state index in [4.69, 9.17) is 0 Å². The minimum Gasteiger partial charge on any atom is -0.367 e. The van der Waals surface area contributed by atoms with E-state index in [1.165, 1.54) is 6.20 Å². The van der Waals surface area contributed by atoms with E-state index in [0.717, 1.165) is 24.8 Å². The Hall–Kier alpha value is -2.93. The number of nitrogens with one attached hydrogen (secondary N) is 4. The molecule has 3 aromatic rings. The van der Waals surface area contributed by atoms with Crippen molar-refractivity contribution in [3.8, 4) is 0 Å². The van der Waals surface area contributed by atoms with Crippen LogP contribution >= 0.6 is 0 Å². The van der Waals surface area contributed by atoms with E-state index in [1.54, 1.807) is 28.8 Å².